The third-order valence-corrected chi connectivity index (χ3v) is 6.56. The molecule has 0 radical (unpaired) electrons. The zero-order chi connectivity index (χ0) is 17.6. The Morgan fingerprint density at radius 2 is 2.12 bits per heavy atom. The van der Waals surface area contributed by atoms with Crippen LogP contribution in [0.3, 0.4) is 0 Å². The van der Waals surface area contributed by atoms with Crippen molar-refractivity contribution in [3.8, 4) is 0 Å². The lowest BCUT2D eigenvalue weighted by atomic mass is 10.1. The van der Waals surface area contributed by atoms with E-state index in [1.807, 2.05) is 6.92 Å². The molecule has 2 N–H and O–H groups in total. The standard InChI is InChI=1S/C18H21N3O3S/c1-18-8-7-15(22)21(18)14(10-25-18)17(24)20-13-4-2-3-11(9-13)16(23)19-12-5-6-12/h2-4,9,12,14H,5-8,10H2,1H3,(H,19,23)(H,20,24)/t14-,18+/m1/s1. The summed E-state index contributed by atoms with van der Waals surface area (Å²) in [6.07, 6.45) is 3.36. The molecule has 1 saturated carbocycles. The third-order valence-electron chi connectivity index (χ3n) is 5.05. The van der Waals surface area contributed by atoms with Crippen LogP contribution in [0.4, 0.5) is 5.69 Å². The monoisotopic (exact) mass is 359 g/mol. The lowest BCUT2D eigenvalue weighted by Crippen LogP contribution is -2.48. The van der Waals surface area contributed by atoms with Gasteiger partial charge in [0.25, 0.3) is 5.91 Å². The van der Waals surface area contributed by atoms with Crippen molar-refractivity contribution in [3.63, 3.8) is 0 Å². The highest BCUT2D eigenvalue weighted by Crippen LogP contribution is 2.47. The first-order valence-corrected chi connectivity index (χ1v) is 9.63. The molecule has 6 nitrogen and oxygen atoms in total. The molecule has 3 fully saturated rings. The normalized spacial score (nSPS) is 28.0. The van der Waals surface area contributed by atoms with Crippen molar-refractivity contribution in [2.45, 2.75) is 49.6 Å². The number of amides is 3. The predicted molar refractivity (Wildman–Crippen MR) is 96.3 cm³/mol. The molecule has 0 spiro atoms. The first-order valence-electron chi connectivity index (χ1n) is 8.64. The predicted octanol–water partition coefficient (Wildman–Crippen LogP) is 1.97. The van der Waals surface area contributed by atoms with Crippen molar-refractivity contribution in [2.75, 3.05) is 11.1 Å². The van der Waals surface area contributed by atoms with Crippen molar-refractivity contribution in [1.82, 2.24) is 10.2 Å². The maximum Gasteiger partial charge on any atom is 0.251 e. The minimum atomic E-state index is -0.450. The molecule has 2 aliphatic heterocycles. The molecule has 0 aromatic heterocycles. The summed E-state index contributed by atoms with van der Waals surface area (Å²) in [6, 6.07) is 6.78. The molecule has 25 heavy (non-hydrogen) atoms. The topological polar surface area (TPSA) is 78.5 Å². The summed E-state index contributed by atoms with van der Waals surface area (Å²) >= 11 is 1.67. The van der Waals surface area contributed by atoms with E-state index < -0.39 is 6.04 Å². The molecule has 3 amide bonds. The summed E-state index contributed by atoms with van der Waals surface area (Å²) in [4.78, 5) is 38.5. The summed E-state index contributed by atoms with van der Waals surface area (Å²) < 4.78 is 0. The molecule has 2 saturated heterocycles. The number of anilines is 1. The van der Waals surface area contributed by atoms with E-state index >= 15 is 0 Å². The minimum Gasteiger partial charge on any atom is -0.349 e. The van der Waals surface area contributed by atoms with Crippen LogP contribution >= 0.6 is 11.8 Å². The molecular formula is C18H21N3O3S. The van der Waals surface area contributed by atoms with E-state index in [1.165, 1.54) is 0 Å². The van der Waals surface area contributed by atoms with Gasteiger partial charge in [-0.3, -0.25) is 14.4 Å². The van der Waals surface area contributed by atoms with E-state index in [0.717, 1.165) is 19.3 Å². The fraction of sp³-hybridized carbons (Fsp3) is 0.500. The number of nitrogens with zero attached hydrogens (tertiary/aromatic N) is 1. The second kappa shape index (κ2) is 6.05. The fourth-order valence-corrected chi connectivity index (χ4v) is 4.91. The number of nitrogens with one attached hydrogen (secondary N) is 2. The SMILES string of the molecule is C[C@]12CCC(=O)N1[C@@H](C(=O)Nc1cccc(C(=O)NC3CC3)c1)CS2. The van der Waals surface area contributed by atoms with Crippen LogP contribution in [-0.2, 0) is 9.59 Å². The highest BCUT2D eigenvalue weighted by Gasteiger charge is 2.52. The summed E-state index contributed by atoms with van der Waals surface area (Å²) in [5, 5.41) is 5.81. The van der Waals surface area contributed by atoms with Gasteiger partial charge in [-0.25, -0.2) is 0 Å². The third kappa shape index (κ3) is 3.13. The van der Waals surface area contributed by atoms with Gasteiger partial charge in [0.2, 0.25) is 11.8 Å². The number of benzene rings is 1. The van der Waals surface area contributed by atoms with Gasteiger partial charge in [0.15, 0.2) is 0 Å². The van der Waals surface area contributed by atoms with Gasteiger partial charge in [-0.1, -0.05) is 6.07 Å². The molecule has 0 unspecified atom stereocenters. The maximum absolute atomic E-state index is 12.7. The molecule has 2 atom stereocenters. The Labute approximate surface area is 150 Å². The van der Waals surface area contributed by atoms with Crippen molar-refractivity contribution in [1.29, 1.82) is 0 Å². The molecular weight excluding hydrogens is 338 g/mol. The van der Waals surface area contributed by atoms with Crippen molar-refractivity contribution >= 4 is 35.2 Å². The van der Waals surface area contributed by atoms with Gasteiger partial charge >= 0.3 is 0 Å². The van der Waals surface area contributed by atoms with Crippen molar-refractivity contribution in [3.05, 3.63) is 29.8 Å². The van der Waals surface area contributed by atoms with Crippen molar-refractivity contribution in [2.24, 2.45) is 0 Å². The van der Waals surface area contributed by atoms with E-state index in [9.17, 15) is 14.4 Å². The summed E-state index contributed by atoms with van der Waals surface area (Å²) in [7, 11) is 0. The highest BCUT2D eigenvalue weighted by atomic mass is 32.2. The van der Waals surface area contributed by atoms with Crippen LogP contribution in [0.2, 0.25) is 0 Å². The summed E-state index contributed by atoms with van der Waals surface area (Å²) in [5.74, 6) is 0.351. The first kappa shape index (κ1) is 16.4. The van der Waals surface area contributed by atoms with Crippen LogP contribution in [0.25, 0.3) is 0 Å². The van der Waals surface area contributed by atoms with Gasteiger partial charge in [0.1, 0.15) is 6.04 Å². The van der Waals surface area contributed by atoms with E-state index in [-0.39, 0.29) is 22.6 Å². The zero-order valence-corrected chi connectivity index (χ0v) is 14.9. The van der Waals surface area contributed by atoms with E-state index in [1.54, 1.807) is 40.9 Å². The molecule has 3 aliphatic rings. The fourth-order valence-electron chi connectivity index (χ4n) is 3.47. The van der Waals surface area contributed by atoms with Crippen LogP contribution in [0.1, 0.15) is 43.0 Å². The number of hydrogen-bond acceptors (Lipinski definition) is 4. The van der Waals surface area contributed by atoms with Crippen LogP contribution in [0.5, 0.6) is 0 Å². The molecule has 132 valence electrons. The Kier molecular flexibility index (Phi) is 3.98. The Balaban J connectivity index is 1.46. The second-order valence-corrected chi connectivity index (χ2v) is 8.58. The summed E-state index contributed by atoms with van der Waals surface area (Å²) in [5.41, 5.74) is 1.12. The van der Waals surface area contributed by atoms with Gasteiger partial charge in [0, 0.05) is 29.5 Å². The van der Waals surface area contributed by atoms with Crippen LogP contribution < -0.4 is 10.6 Å². The van der Waals surface area contributed by atoms with Crippen LogP contribution in [-0.4, -0.2) is 45.3 Å². The van der Waals surface area contributed by atoms with Gasteiger partial charge in [-0.2, -0.15) is 0 Å². The molecule has 0 bridgehead atoms. The maximum atomic E-state index is 12.7. The molecule has 1 aliphatic carbocycles. The molecule has 1 aromatic rings. The van der Waals surface area contributed by atoms with Gasteiger partial charge < -0.3 is 15.5 Å². The van der Waals surface area contributed by atoms with Gasteiger partial charge in [-0.15, -0.1) is 11.8 Å². The number of thioether (sulfide) groups is 1. The molecule has 4 rings (SSSR count). The van der Waals surface area contributed by atoms with E-state index in [4.69, 9.17) is 0 Å². The summed E-state index contributed by atoms with van der Waals surface area (Å²) in [6.45, 7) is 2.03. The Hall–Kier alpha value is -2.02. The van der Waals surface area contributed by atoms with Gasteiger partial charge in [-0.05, 0) is 44.4 Å². The lowest BCUT2D eigenvalue weighted by molar-refractivity contribution is -0.135. The first-order chi connectivity index (χ1) is 12.0. The number of fused-ring (bicyclic) bond motifs is 1. The number of hydrogen-bond donors (Lipinski definition) is 2. The van der Waals surface area contributed by atoms with Crippen molar-refractivity contribution < 1.29 is 14.4 Å². The molecule has 2 heterocycles. The van der Waals surface area contributed by atoms with E-state index in [0.29, 0.717) is 29.5 Å². The number of rotatable bonds is 4. The van der Waals surface area contributed by atoms with Crippen LogP contribution in [0, 0.1) is 0 Å². The quantitative estimate of drug-likeness (QED) is 0.862. The Bertz CT molecular complexity index is 749. The second-order valence-electron chi connectivity index (χ2n) is 7.08. The lowest BCUT2D eigenvalue weighted by Gasteiger charge is -2.29. The van der Waals surface area contributed by atoms with E-state index in [2.05, 4.69) is 10.6 Å². The largest absolute Gasteiger partial charge is 0.349 e. The molecule has 7 heteroatoms. The smallest absolute Gasteiger partial charge is 0.251 e. The highest BCUT2D eigenvalue weighted by molar-refractivity contribution is 8.01. The van der Waals surface area contributed by atoms with Gasteiger partial charge in [0.05, 0.1) is 4.87 Å². The zero-order valence-electron chi connectivity index (χ0n) is 14.1. The average molecular weight is 359 g/mol. The Morgan fingerprint density at radius 3 is 2.88 bits per heavy atom. The minimum absolute atomic E-state index is 0.0465. The Morgan fingerprint density at radius 1 is 1.32 bits per heavy atom. The molecule has 1 aromatic carbocycles. The number of carbonyl (C=O) groups excluding carboxylic acids is 3. The van der Waals surface area contributed by atoms with Crippen LogP contribution in [0.15, 0.2) is 24.3 Å². The average Bonchev–Trinajstić information content (AvgIpc) is 3.26. The number of carbonyl (C=O) groups is 3.